The molecule has 2 aromatic rings. The molecule has 0 saturated heterocycles. The third kappa shape index (κ3) is 4.82. The third-order valence-corrected chi connectivity index (χ3v) is 3.90. The molecule has 0 fully saturated rings. The molecule has 0 radical (unpaired) electrons. The van der Waals surface area contributed by atoms with E-state index in [2.05, 4.69) is 4.84 Å². The molecule has 0 heterocycles. The third-order valence-electron chi connectivity index (χ3n) is 3.90. The number of rotatable bonds is 8. The minimum absolute atomic E-state index is 0.261. The Morgan fingerprint density at radius 1 is 1.20 bits per heavy atom. The van der Waals surface area contributed by atoms with E-state index in [9.17, 15) is 14.9 Å². The maximum atomic E-state index is 12.3. The van der Waals surface area contributed by atoms with Gasteiger partial charge in [-0.1, -0.05) is 37.6 Å². The zero-order chi connectivity index (χ0) is 18.4. The number of hydrogen-bond acceptors (Lipinski definition) is 6. The molecule has 2 aromatic carbocycles. The van der Waals surface area contributed by atoms with Crippen LogP contribution in [0.2, 0.25) is 0 Å². The second kappa shape index (κ2) is 8.32. The van der Waals surface area contributed by atoms with Crippen LogP contribution in [0.3, 0.4) is 0 Å². The van der Waals surface area contributed by atoms with Gasteiger partial charge >= 0.3 is 5.97 Å². The van der Waals surface area contributed by atoms with Gasteiger partial charge in [-0.3, -0.25) is 9.63 Å². The maximum absolute atomic E-state index is 12.3. The van der Waals surface area contributed by atoms with Crippen LogP contribution in [0.5, 0.6) is 5.75 Å². The first-order valence-corrected chi connectivity index (χ1v) is 8.04. The molecule has 0 saturated carbocycles. The molecule has 2 rings (SSSR count). The highest BCUT2D eigenvalue weighted by Gasteiger charge is 2.23. The Morgan fingerprint density at radius 2 is 1.88 bits per heavy atom. The minimum Gasteiger partial charge on any atom is -0.497 e. The lowest BCUT2D eigenvalue weighted by Crippen LogP contribution is -2.26. The number of hydrogen-bond donors (Lipinski definition) is 0. The lowest BCUT2D eigenvalue weighted by molar-refractivity contribution is -0.779. The molecular weight excluding hydrogens is 326 g/mol. The summed E-state index contributed by atoms with van der Waals surface area (Å²) < 4.78 is 10.3. The number of esters is 1. The van der Waals surface area contributed by atoms with Crippen molar-refractivity contribution >= 4 is 16.7 Å². The Labute approximate surface area is 145 Å². The van der Waals surface area contributed by atoms with Crippen molar-refractivity contribution in [3.05, 3.63) is 52.1 Å². The highest BCUT2D eigenvalue weighted by Crippen LogP contribution is 2.26. The minimum atomic E-state index is -1.18. The van der Waals surface area contributed by atoms with Crippen molar-refractivity contribution < 1.29 is 24.2 Å². The van der Waals surface area contributed by atoms with Crippen molar-refractivity contribution in [3.63, 3.8) is 0 Å². The molecule has 0 bridgehead atoms. The quantitative estimate of drug-likeness (QED) is 0.312. The second-order valence-corrected chi connectivity index (χ2v) is 5.68. The van der Waals surface area contributed by atoms with Gasteiger partial charge in [0.1, 0.15) is 5.75 Å². The summed E-state index contributed by atoms with van der Waals surface area (Å²) in [5, 5.41) is 11.5. The van der Waals surface area contributed by atoms with Gasteiger partial charge in [-0.25, -0.2) is 0 Å². The normalized spacial score (nSPS) is 13.1. The van der Waals surface area contributed by atoms with Crippen LogP contribution in [0.1, 0.15) is 38.2 Å². The Hall–Kier alpha value is -2.83. The summed E-state index contributed by atoms with van der Waals surface area (Å²) in [5.41, 5.74) is 0.763. The SMILES string of the molecule is CCCC(OC(=O)[C@@H](C)c1ccc2cc(OC)ccc2c1)O[N+](=O)[O-]. The molecule has 2 atom stereocenters. The molecule has 0 aliphatic heterocycles. The predicted molar refractivity (Wildman–Crippen MR) is 91.8 cm³/mol. The van der Waals surface area contributed by atoms with Gasteiger partial charge < -0.3 is 9.47 Å². The zero-order valence-corrected chi connectivity index (χ0v) is 14.4. The number of carbonyl (C=O) groups excluding carboxylic acids is 1. The van der Waals surface area contributed by atoms with Gasteiger partial charge in [-0.2, -0.15) is 0 Å². The smallest absolute Gasteiger partial charge is 0.315 e. The Balaban J connectivity index is 2.15. The van der Waals surface area contributed by atoms with E-state index >= 15 is 0 Å². The zero-order valence-electron chi connectivity index (χ0n) is 14.4. The van der Waals surface area contributed by atoms with E-state index < -0.39 is 23.3 Å². The van der Waals surface area contributed by atoms with Crippen LogP contribution in [0.4, 0.5) is 0 Å². The molecule has 0 N–H and O–H groups in total. The summed E-state index contributed by atoms with van der Waals surface area (Å²) in [7, 11) is 1.60. The molecule has 7 heteroatoms. The standard InChI is InChI=1S/C18H21NO6/c1-4-5-17(25-19(21)22)24-18(20)12(2)13-6-7-15-11-16(23-3)9-8-14(15)10-13/h6-12,17H,4-5H2,1-3H3/t12-,17?/m0/s1. The van der Waals surface area contributed by atoms with Gasteiger partial charge in [-0.15, -0.1) is 10.1 Å². The highest BCUT2D eigenvalue weighted by atomic mass is 17.0. The summed E-state index contributed by atoms with van der Waals surface area (Å²) in [5.74, 6) is -0.374. The summed E-state index contributed by atoms with van der Waals surface area (Å²) >= 11 is 0. The van der Waals surface area contributed by atoms with E-state index in [0.717, 1.165) is 22.1 Å². The first kappa shape index (κ1) is 18.5. The topological polar surface area (TPSA) is 87.9 Å². The van der Waals surface area contributed by atoms with Crippen molar-refractivity contribution in [2.24, 2.45) is 0 Å². The average Bonchev–Trinajstić information content (AvgIpc) is 2.59. The number of nitrogens with zero attached hydrogens (tertiary/aromatic N) is 1. The lowest BCUT2D eigenvalue weighted by atomic mass is 9.98. The first-order chi connectivity index (χ1) is 11.9. The average molecular weight is 347 g/mol. The number of carbonyl (C=O) groups is 1. The fourth-order valence-electron chi connectivity index (χ4n) is 2.47. The molecule has 0 aliphatic carbocycles. The molecule has 0 aliphatic rings. The van der Waals surface area contributed by atoms with Gasteiger partial charge in [-0.05, 0) is 35.4 Å². The molecular formula is C18H21NO6. The monoisotopic (exact) mass is 347 g/mol. The van der Waals surface area contributed by atoms with Crippen molar-refractivity contribution in [2.75, 3.05) is 7.11 Å². The van der Waals surface area contributed by atoms with Crippen LogP contribution in [-0.2, 0) is 14.4 Å². The van der Waals surface area contributed by atoms with Crippen molar-refractivity contribution in [2.45, 2.75) is 38.9 Å². The fraction of sp³-hybridized carbons (Fsp3) is 0.389. The fourth-order valence-corrected chi connectivity index (χ4v) is 2.47. The van der Waals surface area contributed by atoms with Crippen LogP contribution in [0.15, 0.2) is 36.4 Å². The van der Waals surface area contributed by atoms with Crippen LogP contribution in [0.25, 0.3) is 10.8 Å². The molecule has 0 aromatic heterocycles. The van der Waals surface area contributed by atoms with Crippen LogP contribution in [-0.4, -0.2) is 24.5 Å². The maximum Gasteiger partial charge on any atom is 0.315 e. The van der Waals surface area contributed by atoms with Crippen molar-refractivity contribution in [3.8, 4) is 5.75 Å². The second-order valence-electron chi connectivity index (χ2n) is 5.68. The highest BCUT2D eigenvalue weighted by molar-refractivity contribution is 5.86. The summed E-state index contributed by atoms with van der Waals surface area (Å²) in [4.78, 5) is 27.2. The van der Waals surface area contributed by atoms with Crippen LogP contribution >= 0.6 is 0 Å². The van der Waals surface area contributed by atoms with Gasteiger partial charge in [0, 0.05) is 6.42 Å². The van der Waals surface area contributed by atoms with Crippen LogP contribution < -0.4 is 4.74 Å². The van der Waals surface area contributed by atoms with E-state index in [4.69, 9.17) is 9.47 Å². The summed E-state index contributed by atoms with van der Waals surface area (Å²) in [6.07, 6.45) is -0.325. The van der Waals surface area contributed by atoms with E-state index in [1.54, 1.807) is 14.0 Å². The molecule has 0 spiro atoms. The predicted octanol–water partition coefficient (Wildman–Crippen LogP) is 3.83. The van der Waals surface area contributed by atoms with Gasteiger partial charge in [0.05, 0.1) is 13.0 Å². The molecule has 0 amide bonds. The lowest BCUT2D eigenvalue weighted by Gasteiger charge is -2.18. The van der Waals surface area contributed by atoms with E-state index in [-0.39, 0.29) is 6.42 Å². The Bertz CT molecular complexity index is 760. The summed E-state index contributed by atoms with van der Waals surface area (Å²) in [6, 6.07) is 11.3. The van der Waals surface area contributed by atoms with E-state index in [0.29, 0.717) is 6.42 Å². The van der Waals surface area contributed by atoms with Gasteiger partial charge in [0.15, 0.2) is 0 Å². The largest absolute Gasteiger partial charge is 0.497 e. The Morgan fingerprint density at radius 3 is 2.52 bits per heavy atom. The molecule has 1 unspecified atom stereocenters. The molecule has 7 nitrogen and oxygen atoms in total. The first-order valence-electron chi connectivity index (χ1n) is 8.04. The number of fused-ring (bicyclic) bond motifs is 1. The molecule has 134 valence electrons. The van der Waals surface area contributed by atoms with Crippen LogP contribution in [0, 0.1) is 10.1 Å². The number of ether oxygens (including phenoxy) is 2. The summed E-state index contributed by atoms with van der Waals surface area (Å²) in [6.45, 7) is 3.52. The number of benzene rings is 2. The molecule has 25 heavy (non-hydrogen) atoms. The Kier molecular flexibility index (Phi) is 6.16. The van der Waals surface area contributed by atoms with Crippen molar-refractivity contribution in [1.82, 2.24) is 0 Å². The van der Waals surface area contributed by atoms with Gasteiger partial charge in [0.2, 0.25) is 6.29 Å². The van der Waals surface area contributed by atoms with E-state index in [1.807, 2.05) is 43.3 Å². The van der Waals surface area contributed by atoms with Gasteiger partial charge in [0.25, 0.3) is 5.09 Å². The number of methoxy groups -OCH3 is 1. The van der Waals surface area contributed by atoms with Crippen molar-refractivity contribution in [1.29, 1.82) is 0 Å². The van der Waals surface area contributed by atoms with E-state index in [1.165, 1.54) is 0 Å².